The van der Waals surface area contributed by atoms with Crippen LogP contribution in [0.5, 0.6) is 0 Å². The Kier molecular flexibility index (Phi) is 30.7. The van der Waals surface area contributed by atoms with E-state index in [9.17, 15) is 30.3 Å². The summed E-state index contributed by atoms with van der Waals surface area (Å²) in [4.78, 5) is 12.9. The smallest absolute Gasteiger partial charge is 0.220 e. The molecule has 0 aromatic carbocycles. The van der Waals surface area contributed by atoms with E-state index in [2.05, 4.69) is 43.5 Å². The van der Waals surface area contributed by atoms with Gasteiger partial charge in [-0.1, -0.05) is 153 Å². The van der Waals surface area contributed by atoms with E-state index >= 15 is 0 Å². The van der Waals surface area contributed by atoms with E-state index in [4.69, 9.17) is 9.47 Å². The van der Waals surface area contributed by atoms with Gasteiger partial charge in [0, 0.05) is 6.42 Å². The van der Waals surface area contributed by atoms with Crippen LogP contribution in [0.25, 0.3) is 0 Å². The summed E-state index contributed by atoms with van der Waals surface area (Å²) in [6, 6.07) is -0.822. The SMILES string of the molecule is CCCCCCCC/C=C/CC/C=C/CC/C=C/C(O)C(COC1OC(CO)C(O)C(O)C1O)NC(=O)CCCCCCCCCCCCCC. The summed E-state index contributed by atoms with van der Waals surface area (Å²) in [5.74, 6) is -0.194. The van der Waals surface area contributed by atoms with E-state index in [1.165, 1.54) is 96.3 Å². The van der Waals surface area contributed by atoms with Gasteiger partial charge in [-0.05, 0) is 44.9 Å². The van der Waals surface area contributed by atoms with Crippen LogP contribution in [0.3, 0.4) is 0 Å². The van der Waals surface area contributed by atoms with E-state index in [-0.39, 0.29) is 12.5 Å². The minimum Gasteiger partial charge on any atom is -0.394 e. The summed E-state index contributed by atoms with van der Waals surface area (Å²) in [5, 5.41) is 54.0. The predicted octanol–water partition coefficient (Wildman–Crippen LogP) is 7.72. The molecule has 0 aliphatic carbocycles. The highest BCUT2D eigenvalue weighted by molar-refractivity contribution is 5.76. The summed E-state index contributed by atoms with van der Waals surface area (Å²) in [6.45, 7) is 3.71. The first-order chi connectivity index (χ1) is 24.8. The number of carbonyl (C=O) groups is 1. The lowest BCUT2D eigenvalue weighted by Gasteiger charge is -2.40. The van der Waals surface area contributed by atoms with Crippen molar-refractivity contribution in [2.75, 3.05) is 13.2 Å². The largest absolute Gasteiger partial charge is 0.394 e. The Hall–Kier alpha value is -1.59. The molecule has 0 bridgehead atoms. The van der Waals surface area contributed by atoms with Crippen molar-refractivity contribution < 1.29 is 39.8 Å². The lowest BCUT2D eigenvalue weighted by molar-refractivity contribution is -0.302. The van der Waals surface area contributed by atoms with Crippen LogP contribution in [-0.2, 0) is 14.3 Å². The second-order valence-corrected chi connectivity index (χ2v) is 14.4. The molecule has 298 valence electrons. The van der Waals surface area contributed by atoms with Gasteiger partial charge < -0.3 is 40.3 Å². The Bertz CT molecular complexity index is 894. The summed E-state index contributed by atoms with van der Waals surface area (Å²) in [6.07, 6.45) is 31.8. The Balaban J connectivity index is 2.47. The number of hydrogen-bond acceptors (Lipinski definition) is 8. The summed E-state index contributed by atoms with van der Waals surface area (Å²) < 4.78 is 11.2. The Morgan fingerprint density at radius 3 is 1.65 bits per heavy atom. The number of ether oxygens (including phenoxy) is 2. The minimum atomic E-state index is -1.57. The fourth-order valence-corrected chi connectivity index (χ4v) is 6.30. The van der Waals surface area contributed by atoms with Crippen molar-refractivity contribution in [2.24, 2.45) is 0 Å². The molecule has 1 aliphatic rings. The first kappa shape index (κ1) is 47.4. The number of rotatable bonds is 33. The van der Waals surface area contributed by atoms with Crippen LogP contribution in [0.4, 0.5) is 0 Å². The molecule has 9 heteroatoms. The first-order valence-electron chi connectivity index (χ1n) is 20.7. The quantitative estimate of drug-likeness (QED) is 0.0298. The Morgan fingerprint density at radius 1 is 0.647 bits per heavy atom. The second kappa shape index (κ2) is 33.0. The van der Waals surface area contributed by atoms with Gasteiger partial charge in [0.1, 0.15) is 24.4 Å². The maximum absolute atomic E-state index is 12.9. The number of unbranched alkanes of at least 4 members (excludes halogenated alkanes) is 19. The molecule has 9 nitrogen and oxygen atoms in total. The van der Waals surface area contributed by atoms with Crippen molar-refractivity contribution in [2.45, 2.75) is 211 Å². The Morgan fingerprint density at radius 2 is 1.12 bits per heavy atom. The molecule has 1 saturated heterocycles. The summed E-state index contributed by atoms with van der Waals surface area (Å²) in [5.41, 5.74) is 0. The van der Waals surface area contributed by atoms with E-state index in [1.807, 2.05) is 6.08 Å². The lowest BCUT2D eigenvalue weighted by Crippen LogP contribution is -2.60. The van der Waals surface area contributed by atoms with Crippen LogP contribution in [0.15, 0.2) is 36.5 Å². The maximum Gasteiger partial charge on any atom is 0.220 e. The average Bonchev–Trinajstić information content (AvgIpc) is 3.13. The molecule has 0 saturated carbocycles. The molecule has 1 fully saturated rings. The number of allylic oxidation sites excluding steroid dienone is 5. The van der Waals surface area contributed by atoms with Crippen molar-refractivity contribution >= 4 is 5.91 Å². The number of aliphatic hydroxyl groups excluding tert-OH is 5. The van der Waals surface area contributed by atoms with Gasteiger partial charge in [-0.3, -0.25) is 4.79 Å². The highest BCUT2D eigenvalue weighted by atomic mass is 16.7. The zero-order valence-corrected chi connectivity index (χ0v) is 32.4. The molecule has 0 aromatic rings. The van der Waals surface area contributed by atoms with Crippen LogP contribution < -0.4 is 5.32 Å². The second-order valence-electron chi connectivity index (χ2n) is 14.4. The molecule has 1 amide bonds. The summed E-state index contributed by atoms with van der Waals surface area (Å²) >= 11 is 0. The van der Waals surface area contributed by atoms with Gasteiger partial charge in [0.25, 0.3) is 0 Å². The highest BCUT2D eigenvalue weighted by Crippen LogP contribution is 2.22. The fraction of sp³-hybridized carbons (Fsp3) is 0.833. The van der Waals surface area contributed by atoms with Crippen molar-refractivity contribution in [3.63, 3.8) is 0 Å². The van der Waals surface area contributed by atoms with E-state index in [1.54, 1.807) is 6.08 Å². The molecule has 6 N–H and O–H groups in total. The standard InChI is InChI=1S/C42H77NO8/c1-3-5-7-9-11-13-15-17-18-19-20-21-23-25-27-29-31-36(45)35(34-50-42-41(49)40(48)39(47)37(33-44)51-42)43-38(46)32-30-28-26-24-22-16-14-12-10-8-6-4-2/h17-18,21,23,29,31,35-37,39-42,44-45,47-49H,3-16,19-20,22,24-28,30,32-34H2,1-2H3,(H,43,46)/b18-17+,23-21+,31-29+. The number of carbonyl (C=O) groups excluding carboxylic acids is 1. The molecule has 1 aliphatic heterocycles. The molecule has 0 spiro atoms. The van der Waals surface area contributed by atoms with Gasteiger partial charge >= 0.3 is 0 Å². The van der Waals surface area contributed by atoms with Crippen LogP contribution in [0.1, 0.15) is 168 Å². The predicted molar refractivity (Wildman–Crippen MR) is 207 cm³/mol. The molecular formula is C42H77NO8. The van der Waals surface area contributed by atoms with E-state index < -0.39 is 49.5 Å². The van der Waals surface area contributed by atoms with Crippen molar-refractivity contribution in [1.82, 2.24) is 5.32 Å². The molecule has 0 aromatic heterocycles. The van der Waals surface area contributed by atoms with E-state index in [0.29, 0.717) is 6.42 Å². The van der Waals surface area contributed by atoms with Gasteiger partial charge in [0.2, 0.25) is 5.91 Å². The molecule has 1 heterocycles. The third kappa shape index (κ3) is 24.4. The molecule has 0 radical (unpaired) electrons. The van der Waals surface area contributed by atoms with Gasteiger partial charge in [-0.25, -0.2) is 0 Å². The summed E-state index contributed by atoms with van der Waals surface area (Å²) in [7, 11) is 0. The van der Waals surface area contributed by atoms with Gasteiger partial charge in [-0.2, -0.15) is 0 Å². The lowest BCUT2D eigenvalue weighted by atomic mass is 9.99. The number of hydrogen-bond donors (Lipinski definition) is 6. The zero-order valence-electron chi connectivity index (χ0n) is 32.4. The van der Waals surface area contributed by atoms with Crippen molar-refractivity contribution in [1.29, 1.82) is 0 Å². The average molecular weight is 724 g/mol. The monoisotopic (exact) mass is 724 g/mol. The molecule has 7 unspecified atom stereocenters. The Labute approximate surface area is 311 Å². The van der Waals surface area contributed by atoms with Gasteiger partial charge in [-0.15, -0.1) is 0 Å². The van der Waals surface area contributed by atoms with Crippen LogP contribution in [0, 0.1) is 0 Å². The normalized spacial score (nSPS) is 22.4. The fourth-order valence-electron chi connectivity index (χ4n) is 6.30. The number of aliphatic hydroxyl groups is 5. The minimum absolute atomic E-state index is 0.194. The van der Waals surface area contributed by atoms with Crippen LogP contribution >= 0.6 is 0 Å². The van der Waals surface area contributed by atoms with Crippen LogP contribution in [0.2, 0.25) is 0 Å². The van der Waals surface area contributed by atoms with E-state index in [0.717, 1.165) is 51.4 Å². The highest BCUT2D eigenvalue weighted by Gasteiger charge is 2.44. The first-order valence-corrected chi connectivity index (χ1v) is 20.7. The van der Waals surface area contributed by atoms with Crippen molar-refractivity contribution in [3.8, 4) is 0 Å². The van der Waals surface area contributed by atoms with Crippen LogP contribution in [-0.4, -0.2) is 87.5 Å². The third-order valence-electron chi connectivity index (χ3n) is 9.70. The molecule has 1 rings (SSSR count). The zero-order chi connectivity index (χ0) is 37.4. The third-order valence-corrected chi connectivity index (χ3v) is 9.70. The molecule has 51 heavy (non-hydrogen) atoms. The van der Waals surface area contributed by atoms with Crippen molar-refractivity contribution in [3.05, 3.63) is 36.5 Å². The maximum atomic E-state index is 12.9. The van der Waals surface area contributed by atoms with Gasteiger partial charge in [0.15, 0.2) is 6.29 Å². The molecular weight excluding hydrogens is 646 g/mol. The number of amides is 1. The topological polar surface area (TPSA) is 149 Å². The molecule has 7 atom stereocenters. The number of nitrogens with one attached hydrogen (secondary N) is 1. The van der Waals surface area contributed by atoms with Gasteiger partial charge in [0.05, 0.1) is 25.4 Å².